The fourth-order valence-corrected chi connectivity index (χ4v) is 5.90. The Hall–Kier alpha value is -1.08. The van der Waals surface area contributed by atoms with Gasteiger partial charge < -0.3 is 0 Å². The normalized spacial score (nSPS) is 13.3. The lowest BCUT2D eigenvalue weighted by Gasteiger charge is -2.31. The largest absolute Gasteiger partial charge is 0.230 e. The molecule has 0 fully saturated rings. The zero-order chi connectivity index (χ0) is 17.3. The molecule has 0 saturated carbocycles. The molecule has 128 valence electrons. The summed E-state index contributed by atoms with van der Waals surface area (Å²) >= 11 is 0. The predicted octanol–water partition coefficient (Wildman–Crippen LogP) is 5.66. The summed E-state index contributed by atoms with van der Waals surface area (Å²) in [5.41, 5.74) is 0.704. The third-order valence-electron chi connectivity index (χ3n) is 4.43. The van der Waals surface area contributed by atoms with Crippen LogP contribution < -0.4 is 0 Å². The first-order chi connectivity index (χ1) is 10.8. The van der Waals surface area contributed by atoms with Crippen LogP contribution in [0.4, 0.5) is 0 Å². The van der Waals surface area contributed by atoms with E-state index < -0.39 is 8.07 Å². The van der Waals surface area contributed by atoms with Gasteiger partial charge in [-0.2, -0.15) is 0 Å². The summed E-state index contributed by atoms with van der Waals surface area (Å²) in [6, 6.07) is 14.9. The lowest BCUT2D eigenvalue weighted by molar-refractivity contribution is -0.360. The summed E-state index contributed by atoms with van der Waals surface area (Å²) < 4.78 is 0. The van der Waals surface area contributed by atoms with Crippen LogP contribution in [-0.2, 0) is 9.78 Å². The van der Waals surface area contributed by atoms with Gasteiger partial charge in [0.1, 0.15) is 0 Å². The van der Waals surface area contributed by atoms with Crippen molar-refractivity contribution in [1.82, 2.24) is 0 Å². The van der Waals surface area contributed by atoms with Gasteiger partial charge in [-0.15, -0.1) is 0 Å². The van der Waals surface area contributed by atoms with Crippen molar-refractivity contribution >= 4 is 8.07 Å². The van der Waals surface area contributed by atoms with Crippen molar-refractivity contribution in [3.8, 4) is 11.8 Å². The molecule has 0 radical (unpaired) electrons. The van der Waals surface area contributed by atoms with Crippen molar-refractivity contribution < 1.29 is 9.78 Å². The Bertz CT molecular complexity index is 496. The molecule has 0 aliphatic rings. The highest BCUT2D eigenvalue weighted by Crippen LogP contribution is 2.28. The van der Waals surface area contributed by atoms with Gasteiger partial charge in [-0.05, 0) is 38.9 Å². The summed E-state index contributed by atoms with van der Waals surface area (Å²) in [5, 5.41) is 0. The third kappa shape index (κ3) is 7.35. The molecule has 1 atom stereocenters. The minimum absolute atomic E-state index is 0.152. The van der Waals surface area contributed by atoms with Gasteiger partial charge in [0.15, 0.2) is 6.10 Å². The number of rotatable bonds is 7. The van der Waals surface area contributed by atoms with E-state index in [1.807, 2.05) is 51.1 Å². The second-order valence-electron chi connectivity index (χ2n) is 7.18. The lowest BCUT2D eigenvalue weighted by Crippen LogP contribution is -2.37. The Morgan fingerprint density at radius 3 is 2.04 bits per heavy atom. The van der Waals surface area contributed by atoms with Crippen molar-refractivity contribution in [2.75, 3.05) is 0 Å². The van der Waals surface area contributed by atoms with E-state index >= 15 is 0 Å². The number of hydrogen-bond donors (Lipinski definition) is 0. The molecular weight excluding hydrogens is 300 g/mol. The van der Waals surface area contributed by atoms with E-state index in [4.69, 9.17) is 9.78 Å². The van der Waals surface area contributed by atoms with Crippen LogP contribution in [0.1, 0.15) is 47.1 Å². The first kappa shape index (κ1) is 20.0. The van der Waals surface area contributed by atoms with E-state index in [1.54, 1.807) is 0 Å². The highest BCUT2D eigenvalue weighted by molar-refractivity contribution is 6.79. The van der Waals surface area contributed by atoms with Crippen LogP contribution in [0.25, 0.3) is 0 Å². The Morgan fingerprint density at radius 1 is 1.00 bits per heavy atom. The maximum absolute atomic E-state index is 5.75. The van der Waals surface area contributed by atoms with Crippen LogP contribution in [0.15, 0.2) is 30.3 Å². The van der Waals surface area contributed by atoms with Crippen molar-refractivity contribution in [2.24, 2.45) is 0 Å². The van der Waals surface area contributed by atoms with E-state index in [1.165, 1.54) is 18.1 Å². The molecule has 0 N–H and O–H groups in total. The average Bonchev–Trinajstić information content (AvgIpc) is 2.55. The quantitative estimate of drug-likeness (QED) is 0.277. The van der Waals surface area contributed by atoms with Crippen LogP contribution in [0.2, 0.25) is 24.2 Å². The summed E-state index contributed by atoms with van der Waals surface area (Å²) in [6.45, 7) is 12.9. The summed E-state index contributed by atoms with van der Waals surface area (Å²) in [7, 11) is -1.32. The number of benzene rings is 1. The van der Waals surface area contributed by atoms with Crippen molar-refractivity contribution in [3.63, 3.8) is 0 Å². The average molecular weight is 333 g/mol. The minimum atomic E-state index is -1.32. The summed E-state index contributed by atoms with van der Waals surface area (Å²) in [5.74, 6) is 6.55. The topological polar surface area (TPSA) is 18.5 Å². The minimum Gasteiger partial charge on any atom is -0.230 e. The second kappa shape index (κ2) is 9.27. The standard InChI is InChI=1S/C20H32O2Si/c1-7-23(8-2,9-3)17-19(21-22-20(4,5)6)16-15-18-13-11-10-12-14-18/h10-14,19H,7-9,17H2,1-6H3. The summed E-state index contributed by atoms with van der Waals surface area (Å²) in [6.07, 6.45) is -0.152. The predicted molar refractivity (Wildman–Crippen MR) is 101 cm³/mol. The highest BCUT2D eigenvalue weighted by Gasteiger charge is 2.31. The molecule has 0 spiro atoms. The van der Waals surface area contributed by atoms with E-state index in [0.717, 1.165) is 11.6 Å². The van der Waals surface area contributed by atoms with Crippen LogP contribution in [0.3, 0.4) is 0 Å². The molecule has 1 rings (SSSR count). The molecule has 23 heavy (non-hydrogen) atoms. The smallest absolute Gasteiger partial charge is 0.151 e. The molecule has 3 heteroatoms. The maximum Gasteiger partial charge on any atom is 0.151 e. The van der Waals surface area contributed by atoms with Crippen LogP contribution in [0, 0.1) is 11.8 Å². The van der Waals surface area contributed by atoms with Gasteiger partial charge in [-0.3, -0.25) is 0 Å². The van der Waals surface area contributed by atoms with Gasteiger partial charge in [0.05, 0.1) is 13.7 Å². The van der Waals surface area contributed by atoms with Crippen LogP contribution in [0.5, 0.6) is 0 Å². The molecule has 0 heterocycles. The first-order valence-electron chi connectivity index (χ1n) is 8.75. The van der Waals surface area contributed by atoms with Gasteiger partial charge in [0.2, 0.25) is 0 Å². The molecule has 1 aromatic rings. The highest BCUT2D eigenvalue weighted by atomic mass is 28.3. The Labute approximate surface area is 143 Å². The fraction of sp³-hybridized carbons (Fsp3) is 0.600. The van der Waals surface area contributed by atoms with E-state index in [9.17, 15) is 0 Å². The molecule has 0 bridgehead atoms. The molecular formula is C20H32O2Si. The lowest BCUT2D eigenvalue weighted by atomic mass is 10.2. The van der Waals surface area contributed by atoms with Crippen molar-refractivity contribution in [2.45, 2.75) is 77.4 Å². The molecule has 1 unspecified atom stereocenters. The molecule has 1 aromatic carbocycles. The van der Waals surface area contributed by atoms with Gasteiger partial charge >= 0.3 is 0 Å². The van der Waals surface area contributed by atoms with Gasteiger partial charge in [0, 0.05) is 5.56 Å². The summed E-state index contributed by atoms with van der Waals surface area (Å²) in [4.78, 5) is 11.3. The van der Waals surface area contributed by atoms with Gasteiger partial charge in [-0.1, -0.05) is 68.9 Å². The van der Waals surface area contributed by atoms with E-state index in [-0.39, 0.29) is 11.7 Å². The maximum atomic E-state index is 5.75. The Balaban J connectivity index is 2.91. The molecule has 0 saturated heterocycles. The number of hydrogen-bond acceptors (Lipinski definition) is 2. The van der Waals surface area contributed by atoms with Crippen LogP contribution in [-0.4, -0.2) is 19.8 Å². The van der Waals surface area contributed by atoms with Crippen molar-refractivity contribution in [1.29, 1.82) is 0 Å². The van der Waals surface area contributed by atoms with E-state index in [0.29, 0.717) is 0 Å². The Morgan fingerprint density at radius 2 is 1.57 bits per heavy atom. The molecule has 0 aliphatic heterocycles. The van der Waals surface area contributed by atoms with Gasteiger partial charge in [0.25, 0.3) is 0 Å². The Kier molecular flexibility index (Phi) is 8.05. The second-order valence-corrected chi connectivity index (χ2v) is 12.7. The third-order valence-corrected chi connectivity index (χ3v) is 10.2. The zero-order valence-electron chi connectivity index (χ0n) is 15.6. The van der Waals surface area contributed by atoms with Crippen LogP contribution >= 0.6 is 0 Å². The first-order valence-corrected chi connectivity index (χ1v) is 11.6. The fourth-order valence-electron chi connectivity index (χ4n) is 2.57. The monoisotopic (exact) mass is 332 g/mol. The SMILES string of the molecule is CC[Si](CC)(CC)CC(C#Cc1ccccc1)OOC(C)(C)C. The van der Waals surface area contributed by atoms with Gasteiger partial charge in [-0.25, -0.2) is 9.78 Å². The molecule has 0 aliphatic carbocycles. The molecule has 2 nitrogen and oxygen atoms in total. The molecule has 0 aromatic heterocycles. The van der Waals surface area contributed by atoms with E-state index in [2.05, 4.69) is 32.6 Å². The zero-order valence-corrected chi connectivity index (χ0v) is 16.6. The van der Waals surface area contributed by atoms with Crippen molar-refractivity contribution in [3.05, 3.63) is 35.9 Å². The molecule has 0 amide bonds.